The summed E-state index contributed by atoms with van der Waals surface area (Å²) in [6.45, 7) is 1.86. The molecule has 3 heterocycles. The smallest absolute Gasteiger partial charge is 0.263 e. The molecule has 1 saturated carbocycles. The van der Waals surface area contributed by atoms with E-state index in [0.29, 0.717) is 37.3 Å². The fraction of sp³-hybridized carbons (Fsp3) is 0.300. The van der Waals surface area contributed by atoms with E-state index in [9.17, 15) is 8.78 Å². The van der Waals surface area contributed by atoms with Gasteiger partial charge in [0.2, 0.25) is 9.87 Å². The molecule has 1 aliphatic carbocycles. The molecule has 1 N–H and O–H groups in total. The number of halogens is 3. The summed E-state index contributed by atoms with van der Waals surface area (Å²) in [5.41, 5.74) is 1.49. The fourth-order valence-electron chi connectivity index (χ4n) is 3.57. The molecule has 0 bridgehead atoms. The van der Waals surface area contributed by atoms with Crippen LogP contribution in [0.25, 0.3) is 16.0 Å². The van der Waals surface area contributed by atoms with Crippen LogP contribution in [0.3, 0.4) is 0 Å². The number of benzene rings is 1. The molecule has 4 aromatic rings. The van der Waals surface area contributed by atoms with E-state index in [-0.39, 0.29) is 11.5 Å². The summed E-state index contributed by atoms with van der Waals surface area (Å²) in [6.07, 6.45) is 2.27. The van der Waals surface area contributed by atoms with Crippen LogP contribution < -0.4 is 5.32 Å². The zero-order valence-electron chi connectivity index (χ0n) is 16.6. The zero-order valence-corrected chi connectivity index (χ0v) is 19.0. The molecule has 0 spiro atoms. The van der Waals surface area contributed by atoms with Crippen molar-refractivity contribution < 1.29 is 8.78 Å². The quantitative estimate of drug-likeness (QED) is 0.371. The second-order valence-electron chi connectivity index (χ2n) is 7.44. The first-order valence-corrected chi connectivity index (χ1v) is 11.4. The Kier molecular flexibility index (Phi) is 5.30. The van der Waals surface area contributed by atoms with Gasteiger partial charge in [-0.15, -0.1) is 5.10 Å². The molecule has 1 fully saturated rings. The second kappa shape index (κ2) is 8.14. The molecule has 3 aromatic heterocycles. The van der Waals surface area contributed by atoms with Crippen LogP contribution >= 0.6 is 27.3 Å². The largest absolute Gasteiger partial charge is 0.360 e. The van der Waals surface area contributed by atoms with Gasteiger partial charge in [-0.1, -0.05) is 11.3 Å². The highest BCUT2D eigenvalue weighted by atomic mass is 79.9. The fourth-order valence-corrected chi connectivity index (χ4v) is 4.58. The molecular formula is C20H15BrF2N8S. The summed E-state index contributed by atoms with van der Waals surface area (Å²) in [5.74, 6) is 1.22. The van der Waals surface area contributed by atoms with Gasteiger partial charge < -0.3 is 5.32 Å². The van der Waals surface area contributed by atoms with Gasteiger partial charge in [0.25, 0.3) is 6.43 Å². The highest BCUT2D eigenvalue weighted by molar-refractivity contribution is 9.10. The van der Waals surface area contributed by atoms with Crippen LogP contribution in [0.15, 0.2) is 29.4 Å². The van der Waals surface area contributed by atoms with E-state index in [1.807, 2.05) is 6.92 Å². The number of fused-ring (bicyclic) bond motifs is 1. The van der Waals surface area contributed by atoms with Crippen LogP contribution in [-0.2, 0) is 0 Å². The lowest BCUT2D eigenvalue weighted by Gasteiger charge is -2.17. The van der Waals surface area contributed by atoms with Gasteiger partial charge in [0.15, 0.2) is 5.82 Å². The van der Waals surface area contributed by atoms with Crippen LogP contribution in [0.1, 0.15) is 60.0 Å². The highest BCUT2D eigenvalue weighted by Crippen LogP contribution is 2.44. The molecule has 0 aliphatic heterocycles. The molecule has 0 unspecified atom stereocenters. The van der Waals surface area contributed by atoms with Gasteiger partial charge >= 0.3 is 0 Å². The van der Waals surface area contributed by atoms with Gasteiger partial charge in [-0.05, 0) is 59.3 Å². The Morgan fingerprint density at radius 2 is 2.09 bits per heavy atom. The number of anilines is 1. The maximum absolute atomic E-state index is 13.6. The number of hydrogen-bond donors (Lipinski definition) is 1. The number of nitrogens with zero attached hydrogens (tertiary/aromatic N) is 7. The van der Waals surface area contributed by atoms with E-state index in [0.717, 1.165) is 18.4 Å². The van der Waals surface area contributed by atoms with Crippen molar-refractivity contribution in [2.75, 3.05) is 5.32 Å². The van der Waals surface area contributed by atoms with Crippen molar-refractivity contribution in [3.63, 3.8) is 0 Å². The van der Waals surface area contributed by atoms with E-state index in [1.54, 1.807) is 6.07 Å². The molecule has 0 saturated heterocycles. The summed E-state index contributed by atoms with van der Waals surface area (Å²) in [4.78, 5) is 17.8. The van der Waals surface area contributed by atoms with Crippen LogP contribution in [0.2, 0.25) is 0 Å². The van der Waals surface area contributed by atoms with E-state index in [4.69, 9.17) is 5.26 Å². The van der Waals surface area contributed by atoms with Gasteiger partial charge in [-0.2, -0.15) is 9.94 Å². The summed E-state index contributed by atoms with van der Waals surface area (Å²) in [6, 6.07) is 4.66. The molecule has 1 aromatic carbocycles. The molecule has 0 radical (unpaired) electrons. The third-order valence-corrected chi connectivity index (χ3v) is 6.40. The minimum Gasteiger partial charge on any atom is -0.360 e. The summed E-state index contributed by atoms with van der Waals surface area (Å²) >= 11 is 4.48. The number of hydrogen-bond acceptors (Lipinski definition) is 8. The number of alkyl halides is 2. The number of rotatable bonds is 6. The molecule has 12 heteroatoms. The van der Waals surface area contributed by atoms with Gasteiger partial charge in [0, 0.05) is 10.9 Å². The van der Waals surface area contributed by atoms with Crippen LogP contribution in [0.5, 0.6) is 0 Å². The van der Waals surface area contributed by atoms with Crippen molar-refractivity contribution in [3.8, 4) is 11.2 Å². The maximum atomic E-state index is 13.6. The first-order chi connectivity index (χ1) is 15.4. The summed E-state index contributed by atoms with van der Waals surface area (Å²) in [7, 11) is 0. The van der Waals surface area contributed by atoms with Crippen molar-refractivity contribution in [2.45, 2.75) is 38.2 Å². The van der Waals surface area contributed by atoms with E-state index >= 15 is 0 Å². The normalized spacial score (nSPS) is 14.6. The molecule has 162 valence electrons. The zero-order chi connectivity index (χ0) is 22.4. The monoisotopic (exact) mass is 516 g/mol. The predicted octanol–water partition coefficient (Wildman–Crippen LogP) is 5.29. The second-order valence-corrected chi connectivity index (χ2v) is 9.16. The lowest BCUT2D eigenvalue weighted by molar-refractivity contribution is 0.151. The Balaban J connectivity index is 1.55. The number of nitrogens with one attached hydrogen (secondary N) is 1. The molecule has 0 amide bonds. The average Bonchev–Trinajstić information content (AvgIpc) is 3.38. The Bertz CT molecular complexity index is 1360. The standard InChI is InChI=1S/C20H15BrF2N8S/c1-9(18-29-19(21)30-31(18)20-25-7-12(6-24)32-20)28-17-14-5-11(16(22)23)4-13(10-2-3-10)15(14)26-8-27-17/h4-5,7-10,16H,2-3H2,1H3,(H,26,27,28)/t9-/m0/s1. The molecule has 32 heavy (non-hydrogen) atoms. The predicted molar refractivity (Wildman–Crippen MR) is 118 cm³/mol. The topological polar surface area (TPSA) is 105 Å². The van der Waals surface area contributed by atoms with E-state index < -0.39 is 12.5 Å². The van der Waals surface area contributed by atoms with Crippen molar-refractivity contribution in [3.05, 3.63) is 51.2 Å². The Hall–Kier alpha value is -3.04. The molecule has 8 nitrogen and oxygen atoms in total. The first-order valence-electron chi connectivity index (χ1n) is 9.76. The summed E-state index contributed by atoms with van der Waals surface area (Å²) in [5, 5.41) is 17.7. The van der Waals surface area contributed by atoms with Crippen molar-refractivity contribution in [2.24, 2.45) is 0 Å². The Morgan fingerprint density at radius 1 is 1.28 bits per heavy atom. The van der Waals surface area contributed by atoms with Crippen LogP contribution in [-0.4, -0.2) is 29.7 Å². The van der Waals surface area contributed by atoms with Gasteiger partial charge in [0.05, 0.1) is 17.8 Å². The van der Waals surface area contributed by atoms with Gasteiger partial charge in [-0.25, -0.2) is 28.7 Å². The van der Waals surface area contributed by atoms with Crippen LogP contribution in [0.4, 0.5) is 14.6 Å². The molecule has 1 atom stereocenters. The number of nitriles is 1. The van der Waals surface area contributed by atoms with Crippen LogP contribution in [0, 0.1) is 11.3 Å². The number of thiazole rings is 1. The molecule has 5 rings (SSSR count). The highest BCUT2D eigenvalue weighted by Gasteiger charge is 2.29. The summed E-state index contributed by atoms with van der Waals surface area (Å²) < 4.78 is 29.0. The molecular weight excluding hydrogens is 502 g/mol. The third kappa shape index (κ3) is 3.82. The average molecular weight is 517 g/mol. The van der Waals surface area contributed by atoms with Gasteiger partial charge in [0.1, 0.15) is 23.1 Å². The van der Waals surface area contributed by atoms with Crippen molar-refractivity contribution in [1.82, 2.24) is 29.7 Å². The lowest BCUT2D eigenvalue weighted by Crippen LogP contribution is -2.15. The SMILES string of the molecule is C[C@H](Nc1ncnc2c(C3CC3)cc(C(F)F)cc12)c1nc(Br)nn1-c1ncc(C#N)s1. The number of aromatic nitrogens is 6. The maximum Gasteiger partial charge on any atom is 0.263 e. The molecule has 1 aliphatic rings. The third-order valence-electron chi connectivity index (χ3n) is 5.19. The first kappa shape index (κ1) is 20.8. The van der Waals surface area contributed by atoms with E-state index in [2.05, 4.69) is 52.4 Å². The van der Waals surface area contributed by atoms with Gasteiger partial charge in [-0.3, -0.25) is 0 Å². The van der Waals surface area contributed by atoms with Crippen molar-refractivity contribution >= 4 is 44.0 Å². The minimum atomic E-state index is -2.58. The lowest BCUT2D eigenvalue weighted by atomic mass is 10.0. The van der Waals surface area contributed by atoms with Crippen molar-refractivity contribution in [1.29, 1.82) is 5.26 Å². The minimum absolute atomic E-state index is 0.0392. The Labute approximate surface area is 193 Å². The Morgan fingerprint density at radius 3 is 2.78 bits per heavy atom. The van der Waals surface area contributed by atoms with E-state index in [1.165, 1.54) is 34.6 Å².